The van der Waals surface area contributed by atoms with Crippen molar-refractivity contribution in [2.75, 3.05) is 53.5 Å². The number of hydrogen-bond donors (Lipinski definition) is 1. The van der Waals surface area contributed by atoms with Crippen LogP contribution < -0.4 is 0 Å². The maximum absolute atomic E-state index is 9.93. The molecule has 0 radical (unpaired) electrons. The van der Waals surface area contributed by atoms with Gasteiger partial charge < -0.3 is 14.7 Å². The summed E-state index contributed by atoms with van der Waals surface area (Å²) in [6.45, 7) is 9.34. The van der Waals surface area contributed by atoms with Crippen LogP contribution in [0, 0.1) is 0 Å². The zero-order chi connectivity index (χ0) is 13.8. The number of unbranched alkanes of at least 4 members (excludes halogenated alkanes) is 1. The van der Waals surface area contributed by atoms with Crippen molar-refractivity contribution in [1.29, 1.82) is 0 Å². The van der Waals surface area contributed by atoms with Crippen molar-refractivity contribution >= 4 is 0 Å². The highest BCUT2D eigenvalue weighted by Gasteiger charge is 2.11. The van der Waals surface area contributed by atoms with Gasteiger partial charge in [0.2, 0.25) is 0 Å². The highest BCUT2D eigenvalue weighted by Crippen LogP contribution is 1.98. The van der Waals surface area contributed by atoms with Crippen molar-refractivity contribution in [2.45, 2.75) is 39.2 Å². The molecule has 1 unspecified atom stereocenters. The molecule has 0 fully saturated rings. The van der Waals surface area contributed by atoms with Crippen LogP contribution in [0.3, 0.4) is 0 Å². The minimum atomic E-state index is -0.365. The molecule has 1 N–H and O–H groups in total. The third-order valence-corrected chi connectivity index (χ3v) is 2.82. The van der Waals surface area contributed by atoms with Crippen LogP contribution in [0.1, 0.15) is 33.1 Å². The van der Waals surface area contributed by atoms with E-state index in [2.05, 4.69) is 37.7 Å². The molecule has 0 aliphatic rings. The number of rotatable bonds is 12. The molecule has 0 amide bonds. The van der Waals surface area contributed by atoms with Gasteiger partial charge >= 0.3 is 0 Å². The molecule has 0 aromatic heterocycles. The summed E-state index contributed by atoms with van der Waals surface area (Å²) in [5, 5.41) is 9.93. The van der Waals surface area contributed by atoms with Crippen LogP contribution in [0.25, 0.3) is 0 Å². The summed E-state index contributed by atoms with van der Waals surface area (Å²) in [5.41, 5.74) is 0. The molecule has 0 aliphatic carbocycles. The molecule has 4 heteroatoms. The van der Waals surface area contributed by atoms with Gasteiger partial charge in [-0.1, -0.05) is 20.3 Å². The average molecular weight is 260 g/mol. The van der Waals surface area contributed by atoms with Crippen molar-refractivity contribution in [2.24, 2.45) is 0 Å². The van der Waals surface area contributed by atoms with E-state index < -0.39 is 0 Å². The lowest BCUT2D eigenvalue weighted by Crippen LogP contribution is -2.39. The minimum Gasteiger partial charge on any atom is -0.389 e. The quantitative estimate of drug-likeness (QED) is 0.539. The molecule has 0 bridgehead atoms. The Bertz CT molecular complexity index is 177. The molecular weight excluding hydrogens is 228 g/mol. The van der Waals surface area contributed by atoms with E-state index in [-0.39, 0.29) is 6.10 Å². The standard InChI is InChI=1S/C14H32N2O2/c1-5-7-11-18-13-14(17)12-16(8-6-2)10-9-15(3)4/h14,17H,5-13H2,1-4H3. The maximum atomic E-state index is 9.93. The minimum absolute atomic E-state index is 0.365. The first-order chi connectivity index (χ1) is 8.60. The van der Waals surface area contributed by atoms with Crippen LogP contribution in [0.15, 0.2) is 0 Å². The monoisotopic (exact) mass is 260 g/mol. The van der Waals surface area contributed by atoms with Gasteiger partial charge in [-0.25, -0.2) is 0 Å². The van der Waals surface area contributed by atoms with Crippen LogP contribution in [0.2, 0.25) is 0 Å². The average Bonchev–Trinajstić information content (AvgIpc) is 2.32. The number of ether oxygens (including phenoxy) is 1. The molecule has 0 aromatic carbocycles. The Kier molecular flexibility index (Phi) is 11.8. The first kappa shape index (κ1) is 17.8. The fourth-order valence-corrected chi connectivity index (χ4v) is 1.77. The first-order valence-electron chi connectivity index (χ1n) is 7.23. The summed E-state index contributed by atoms with van der Waals surface area (Å²) in [4.78, 5) is 4.49. The molecular formula is C14H32N2O2. The third kappa shape index (κ3) is 11.0. The van der Waals surface area contributed by atoms with Crippen molar-refractivity contribution in [3.63, 3.8) is 0 Å². The SMILES string of the molecule is CCCCOCC(O)CN(CCC)CCN(C)C. The van der Waals surface area contributed by atoms with Gasteiger partial charge in [-0.15, -0.1) is 0 Å². The lowest BCUT2D eigenvalue weighted by molar-refractivity contribution is 0.0150. The number of aliphatic hydroxyl groups excluding tert-OH is 1. The topological polar surface area (TPSA) is 35.9 Å². The highest BCUT2D eigenvalue weighted by molar-refractivity contribution is 4.65. The molecule has 110 valence electrons. The Hall–Kier alpha value is -0.160. The van der Waals surface area contributed by atoms with E-state index in [1.54, 1.807) is 0 Å². The second-order valence-corrected chi connectivity index (χ2v) is 5.19. The Morgan fingerprint density at radius 2 is 1.78 bits per heavy atom. The Balaban J connectivity index is 3.76. The Morgan fingerprint density at radius 3 is 2.33 bits per heavy atom. The number of aliphatic hydroxyl groups is 1. The van der Waals surface area contributed by atoms with Gasteiger partial charge in [-0.3, -0.25) is 4.90 Å². The zero-order valence-electron chi connectivity index (χ0n) is 12.7. The van der Waals surface area contributed by atoms with E-state index in [0.717, 1.165) is 45.5 Å². The molecule has 0 saturated heterocycles. The lowest BCUT2D eigenvalue weighted by Gasteiger charge is -2.26. The Morgan fingerprint density at radius 1 is 1.06 bits per heavy atom. The second-order valence-electron chi connectivity index (χ2n) is 5.19. The van der Waals surface area contributed by atoms with Crippen LogP contribution in [0.5, 0.6) is 0 Å². The molecule has 18 heavy (non-hydrogen) atoms. The molecule has 4 nitrogen and oxygen atoms in total. The molecule has 0 spiro atoms. The number of likely N-dealkylation sites (N-methyl/N-ethyl adjacent to an activating group) is 1. The molecule has 0 saturated carbocycles. The summed E-state index contributed by atoms with van der Waals surface area (Å²) in [7, 11) is 4.16. The molecule has 0 aromatic rings. The molecule has 1 atom stereocenters. The summed E-state index contributed by atoms with van der Waals surface area (Å²) in [6, 6.07) is 0. The van der Waals surface area contributed by atoms with Gasteiger partial charge in [0.15, 0.2) is 0 Å². The molecule has 0 heterocycles. The Labute approximate surface area is 113 Å². The van der Waals surface area contributed by atoms with Crippen molar-refractivity contribution in [3.8, 4) is 0 Å². The van der Waals surface area contributed by atoms with Crippen molar-refractivity contribution < 1.29 is 9.84 Å². The third-order valence-electron chi connectivity index (χ3n) is 2.82. The van der Waals surface area contributed by atoms with Crippen LogP contribution in [-0.2, 0) is 4.74 Å². The fraction of sp³-hybridized carbons (Fsp3) is 1.00. The summed E-state index contributed by atoms with van der Waals surface area (Å²) >= 11 is 0. The van der Waals surface area contributed by atoms with Crippen LogP contribution in [0.4, 0.5) is 0 Å². The van der Waals surface area contributed by atoms with Crippen LogP contribution in [-0.4, -0.2) is 74.5 Å². The van der Waals surface area contributed by atoms with Gasteiger partial charge in [0.1, 0.15) is 0 Å². The predicted octanol–water partition coefficient (Wildman–Crippen LogP) is 1.44. The van der Waals surface area contributed by atoms with Gasteiger partial charge in [0.05, 0.1) is 12.7 Å². The maximum Gasteiger partial charge on any atom is 0.0900 e. The lowest BCUT2D eigenvalue weighted by atomic mass is 10.3. The van der Waals surface area contributed by atoms with E-state index in [0.29, 0.717) is 13.2 Å². The molecule has 0 rings (SSSR count). The molecule has 0 aliphatic heterocycles. The van der Waals surface area contributed by atoms with E-state index in [9.17, 15) is 5.11 Å². The number of nitrogens with zero attached hydrogens (tertiary/aromatic N) is 2. The number of hydrogen-bond acceptors (Lipinski definition) is 4. The fourth-order valence-electron chi connectivity index (χ4n) is 1.77. The normalized spacial score (nSPS) is 13.5. The second kappa shape index (κ2) is 11.9. The van der Waals surface area contributed by atoms with Gasteiger partial charge in [-0.2, -0.15) is 0 Å². The zero-order valence-corrected chi connectivity index (χ0v) is 12.7. The van der Waals surface area contributed by atoms with E-state index >= 15 is 0 Å². The van der Waals surface area contributed by atoms with E-state index in [1.165, 1.54) is 0 Å². The smallest absolute Gasteiger partial charge is 0.0900 e. The van der Waals surface area contributed by atoms with Crippen LogP contribution >= 0.6 is 0 Å². The highest BCUT2D eigenvalue weighted by atomic mass is 16.5. The largest absolute Gasteiger partial charge is 0.389 e. The summed E-state index contributed by atoms with van der Waals surface area (Å²) < 4.78 is 5.45. The predicted molar refractivity (Wildman–Crippen MR) is 77.0 cm³/mol. The van der Waals surface area contributed by atoms with E-state index in [4.69, 9.17) is 4.74 Å². The van der Waals surface area contributed by atoms with Gasteiger partial charge in [-0.05, 0) is 33.5 Å². The van der Waals surface area contributed by atoms with Crippen molar-refractivity contribution in [1.82, 2.24) is 9.80 Å². The summed E-state index contributed by atoms with van der Waals surface area (Å²) in [6.07, 6.45) is 2.97. The van der Waals surface area contributed by atoms with Gasteiger partial charge in [0.25, 0.3) is 0 Å². The van der Waals surface area contributed by atoms with E-state index in [1.807, 2.05) is 0 Å². The van der Waals surface area contributed by atoms with Crippen molar-refractivity contribution in [3.05, 3.63) is 0 Å². The summed E-state index contributed by atoms with van der Waals surface area (Å²) in [5.74, 6) is 0. The first-order valence-corrected chi connectivity index (χ1v) is 7.23. The van der Waals surface area contributed by atoms with Gasteiger partial charge in [0, 0.05) is 26.2 Å².